The lowest BCUT2D eigenvalue weighted by Crippen LogP contribution is -2.58. The number of hydrogen-bond acceptors (Lipinski definition) is 8. The summed E-state index contributed by atoms with van der Waals surface area (Å²) in [5.41, 5.74) is 10.5. The molecule has 0 rings (SSSR count). The number of carbonyl (C=O) groups excluding carboxylic acids is 4. The van der Waals surface area contributed by atoms with Gasteiger partial charge in [-0.15, -0.1) is 0 Å². The molecule has 4 atom stereocenters. The fraction of sp³-hybridized carbons (Fsp3) is 0.611. The van der Waals surface area contributed by atoms with E-state index >= 15 is 0 Å². The average Bonchev–Trinajstić information content (AvgIpc) is 2.67. The molecule has 4 amide bonds. The second-order valence-corrected chi connectivity index (χ2v) is 7.50. The van der Waals surface area contributed by atoms with Crippen LogP contribution in [0, 0.1) is 5.92 Å². The number of carbonyl (C=O) groups is 7. The van der Waals surface area contributed by atoms with E-state index in [1.165, 1.54) is 13.8 Å². The summed E-state index contributed by atoms with van der Waals surface area (Å²) < 4.78 is 0. The zero-order valence-corrected chi connectivity index (χ0v) is 18.1. The Hall–Kier alpha value is -3.75. The molecule has 0 aromatic carbocycles. The summed E-state index contributed by atoms with van der Waals surface area (Å²) >= 11 is 0. The molecule has 15 heteroatoms. The van der Waals surface area contributed by atoms with Crippen LogP contribution in [0.1, 0.15) is 39.5 Å². The Labute approximate surface area is 188 Å². The first-order valence-electron chi connectivity index (χ1n) is 9.77. The molecular formula is C18H29N5O10. The van der Waals surface area contributed by atoms with Gasteiger partial charge in [0, 0.05) is 6.42 Å². The van der Waals surface area contributed by atoms with Crippen molar-refractivity contribution in [2.45, 2.75) is 63.7 Å². The Morgan fingerprint density at radius 1 is 0.758 bits per heavy atom. The highest BCUT2D eigenvalue weighted by molar-refractivity contribution is 5.96. The van der Waals surface area contributed by atoms with E-state index in [1.54, 1.807) is 0 Å². The van der Waals surface area contributed by atoms with Crippen LogP contribution in [0.2, 0.25) is 0 Å². The Kier molecular flexibility index (Phi) is 12.1. The van der Waals surface area contributed by atoms with Crippen molar-refractivity contribution < 1.29 is 48.9 Å². The predicted molar refractivity (Wildman–Crippen MR) is 109 cm³/mol. The summed E-state index contributed by atoms with van der Waals surface area (Å²) in [5.74, 6) is -9.06. The molecular weight excluding hydrogens is 446 g/mol. The van der Waals surface area contributed by atoms with E-state index in [1.807, 2.05) is 5.32 Å². The smallest absolute Gasteiger partial charge is 0.326 e. The molecule has 0 heterocycles. The van der Waals surface area contributed by atoms with Crippen LogP contribution < -0.4 is 27.4 Å². The van der Waals surface area contributed by atoms with Gasteiger partial charge >= 0.3 is 17.9 Å². The minimum atomic E-state index is -1.77. The Morgan fingerprint density at radius 3 is 1.55 bits per heavy atom. The number of carboxylic acids is 3. The molecule has 33 heavy (non-hydrogen) atoms. The van der Waals surface area contributed by atoms with Gasteiger partial charge < -0.3 is 42.7 Å². The average molecular weight is 475 g/mol. The fourth-order valence-electron chi connectivity index (χ4n) is 2.52. The highest BCUT2D eigenvalue weighted by atomic mass is 16.4. The van der Waals surface area contributed by atoms with Gasteiger partial charge in [-0.2, -0.15) is 0 Å². The molecule has 0 radical (unpaired) electrons. The highest BCUT2D eigenvalue weighted by Gasteiger charge is 2.33. The summed E-state index contributed by atoms with van der Waals surface area (Å²) in [6.07, 6.45) is -2.32. The third-order valence-electron chi connectivity index (χ3n) is 4.29. The number of aliphatic carboxylic acids is 3. The molecule has 0 aliphatic carbocycles. The molecule has 0 aliphatic rings. The number of hydrogen-bond donors (Lipinski definition) is 8. The molecule has 0 aromatic rings. The molecule has 10 N–H and O–H groups in total. The molecule has 0 aliphatic heterocycles. The van der Waals surface area contributed by atoms with Gasteiger partial charge in [-0.25, -0.2) is 4.79 Å². The monoisotopic (exact) mass is 475 g/mol. The van der Waals surface area contributed by atoms with Crippen molar-refractivity contribution in [2.75, 3.05) is 0 Å². The maximum Gasteiger partial charge on any atom is 0.326 e. The second kappa shape index (κ2) is 13.6. The van der Waals surface area contributed by atoms with Crippen molar-refractivity contribution in [3.05, 3.63) is 0 Å². The zero-order valence-electron chi connectivity index (χ0n) is 18.1. The second-order valence-electron chi connectivity index (χ2n) is 7.50. The van der Waals surface area contributed by atoms with Gasteiger partial charge in [0.2, 0.25) is 23.6 Å². The Balaban J connectivity index is 5.51. The third kappa shape index (κ3) is 11.4. The van der Waals surface area contributed by atoms with Crippen molar-refractivity contribution >= 4 is 41.5 Å². The SMILES string of the molecule is CC(C)C(NC(=O)C(CC(=O)O)NC(=O)C(CC(=O)O)NC(=O)C(N)CCC(N)=O)C(=O)O. The number of amides is 4. The largest absolute Gasteiger partial charge is 0.481 e. The van der Waals surface area contributed by atoms with Crippen LogP contribution in [0.3, 0.4) is 0 Å². The van der Waals surface area contributed by atoms with E-state index in [2.05, 4.69) is 10.6 Å². The minimum Gasteiger partial charge on any atom is -0.481 e. The lowest BCUT2D eigenvalue weighted by Gasteiger charge is -2.24. The molecule has 0 spiro atoms. The van der Waals surface area contributed by atoms with Gasteiger partial charge in [0.05, 0.1) is 18.9 Å². The van der Waals surface area contributed by atoms with Crippen molar-refractivity contribution in [2.24, 2.45) is 17.4 Å². The first-order chi connectivity index (χ1) is 15.1. The van der Waals surface area contributed by atoms with Crippen molar-refractivity contribution in [3.8, 4) is 0 Å². The normalized spacial score (nSPS) is 14.3. The molecule has 0 bridgehead atoms. The van der Waals surface area contributed by atoms with Gasteiger partial charge in [0.1, 0.15) is 18.1 Å². The van der Waals surface area contributed by atoms with Gasteiger partial charge in [-0.1, -0.05) is 13.8 Å². The molecule has 0 saturated heterocycles. The first-order valence-corrected chi connectivity index (χ1v) is 9.77. The zero-order chi connectivity index (χ0) is 25.9. The van der Waals surface area contributed by atoms with E-state index in [0.717, 1.165) is 0 Å². The van der Waals surface area contributed by atoms with Crippen LogP contribution in [0.4, 0.5) is 0 Å². The molecule has 15 nitrogen and oxygen atoms in total. The Morgan fingerprint density at radius 2 is 1.18 bits per heavy atom. The van der Waals surface area contributed by atoms with Crippen LogP contribution in [0.25, 0.3) is 0 Å². The van der Waals surface area contributed by atoms with Crippen molar-refractivity contribution in [1.29, 1.82) is 0 Å². The van der Waals surface area contributed by atoms with Gasteiger partial charge in [0.15, 0.2) is 0 Å². The van der Waals surface area contributed by atoms with Gasteiger partial charge in [-0.3, -0.25) is 28.8 Å². The first kappa shape index (κ1) is 29.2. The van der Waals surface area contributed by atoms with Gasteiger partial charge in [-0.05, 0) is 12.3 Å². The van der Waals surface area contributed by atoms with Crippen LogP contribution in [-0.2, 0) is 33.6 Å². The predicted octanol–water partition coefficient (Wildman–Crippen LogP) is -3.28. The number of primary amides is 1. The van der Waals surface area contributed by atoms with Crippen LogP contribution in [0.15, 0.2) is 0 Å². The molecule has 186 valence electrons. The maximum atomic E-state index is 12.6. The summed E-state index contributed by atoms with van der Waals surface area (Å²) in [5, 5.41) is 33.4. The maximum absolute atomic E-state index is 12.6. The minimum absolute atomic E-state index is 0.182. The van der Waals surface area contributed by atoms with Gasteiger partial charge in [0.25, 0.3) is 0 Å². The summed E-state index contributed by atoms with van der Waals surface area (Å²) in [6, 6.07) is -6.21. The van der Waals surface area contributed by atoms with E-state index in [0.29, 0.717) is 0 Å². The summed E-state index contributed by atoms with van der Waals surface area (Å²) in [4.78, 5) is 81.5. The standard InChI is InChI=1S/C18H29N5O10/c1-7(2)14(18(32)33)23-17(31)10(6-13(27)28)22-16(30)9(5-12(25)26)21-15(29)8(19)3-4-11(20)24/h7-10,14H,3-6,19H2,1-2H3,(H2,20,24)(H,21,29)(H,22,30)(H,23,31)(H,25,26)(H,27,28)(H,32,33). The molecule has 0 aromatic heterocycles. The van der Waals surface area contributed by atoms with E-state index < -0.39 is 84.5 Å². The quantitative estimate of drug-likeness (QED) is 0.116. The number of nitrogens with one attached hydrogen (secondary N) is 3. The van der Waals surface area contributed by atoms with Crippen LogP contribution >= 0.6 is 0 Å². The number of rotatable bonds is 15. The van der Waals surface area contributed by atoms with Crippen LogP contribution in [0.5, 0.6) is 0 Å². The Bertz CT molecular complexity index is 785. The van der Waals surface area contributed by atoms with E-state index in [9.17, 15) is 38.7 Å². The lowest BCUT2D eigenvalue weighted by atomic mass is 10.0. The molecule has 4 unspecified atom stereocenters. The summed E-state index contributed by atoms with van der Waals surface area (Å²) in [7, 11) is 0. The van der Waals surface area contributed by atoms with Crippen molar-refractivity contribution in [3.63, 3.8) is 0 Å². The van der Waals surface area contributed by atoms with Crippen molar-refractivity contribution in [1.82, 2.24) is 16.0 Å². The molecule has 0 fully saturated rings. The van der Waals surface area contributed by atoms with E-state index in [4.69, 9.17) is 21.7 Å². The third-order valence-corrected chi connectivity index (χ3v) is 4.29. The van der Waals surface area contributed by atoms with Crippen LogP contribution in [-0.4, -0.2) is 81.0 Å². The topological polar surface area (TPSA) is 268 Å². The fourth-order valence-corrected chi connectivity index (χ4v) is 2.52. The number of carboxylic acid groups (broad SMARTS) is 3. The number of nitrogens with two attached hydrogens (primary N) is 2. The van der Waals surface area contributed by atoms with E-state index in [-0.39, 0.29) is 12.8 Å². The highest BCUT2D eigenvalue weighted by Crippen LogP contribution is 2.05. The summed E-state index contributed by atoms with van der Waals surface area (Å²) in [6.45, 7) is 2.98. The lowest BCUT2D eigenvalue weighted by molar-refractivity contribution is -0.145. The molecule has 0 saturated carbocycles.